The Morgan fingerprint density at radius 1 is 1.18 bits per heavy atom. The number of carboxylic acid groups (broad SMARTS) is 1. The fraction of sp³-hybridized carbons (Fsp3) is 0.471. The maximum atomic E-state index is 12.7. The van der Waals surface area contributed by atoms with E-state index in [4.69, 9.17) is 0 Å². The number of amides is 1. The number of aliphatic carboxylic acids is 1. The second-order valence-corrected chi connectivity index (χ2v) is 6.19. The van der Waals surface area contributed by atoms with E-state index < -0.39 is 17.8 Å². The minimum Gasteiger partial charge on any atom is -0.481 e. The van der Waals surface area contributed by atoms with Crippen LogP contribution in [0, 0.1) is 23.7 Å². The van der Waals surface area contributed by atoms with Crippen LogP contribution >= 0.6 is 0 Å². The summed E-state index contributed by atoms with van der Waals surface area (Å²) in [5.74, 6) is -2.07. The standard InChI is InChI=1S/C17H20N2O3/c1-10(11-6-8-18-9-7-11)19-16(20)14-12-2-4-13(5-3-12)15(14)17(21)22/h2,4,6-10,12-15H,3,5H2,1H3,(H,19,20)(H,21,22)/t10-,12-,13+,14-,15+/m1/s1. The fourth-order valence-electron chi connectivity index (χ4n) is 3.73. The first kappa shape index (κ1) is 14.8. The van der Waals surface area contributed by atoms with E-state index in [0.29, 0.717) is 0 Å². The number of pyridine rings is 1. The summed E-state index contributed by atoms with van der Waals surface area (Å²) >= 11 is 0. The molecule has 4 rings (SSSR count). The number of rotatable bonds is 4. The zero-order chi connectivity index (χ0) is 15.7. The molecule has 0 aliphatic heterocycles. The van der Waals surface area contributed by atoms with Gasteiger partial charge >= 0.3 is 5.97 Å². The van der Waals surface area contributed by atoms with Gasteiger partial charge in [-0.2, -0.15) is 0 Å². The van der Waals surface area contributed by atoms with Gasteiger partial charge in [0.25, 0.3) is 0 Å². The van der Waals surface area contributed by atoms with E-state index in [1.165, 1.54) is 0 Å². The molecule has 1 amide bonds. The Morgan fingerprint density at radius 3 is 2.32 bits per heavy atom. The normalized spacial score (nSPS) is 30.8. The number of nitrogens with zero attached hydrogens (tertiary/aromatic N) is 1. The Morgan fingerprint density at radius 2 is 1.77 bits per heavy atom. The molecule has 0 aromatic carbocycles. The third-order valence-electron chi connectivity index (χ3n) is 4.90. The summed E-state index contributed by atoms with van der Waals surface area (Å²) in [6, 6.07) is 3.55. The van der Waals surface area contributed by atoms with Gasteiger partial charge in [0.1, 0.15) is 0 Å². The van der Waals surface area contributed by atoms with Gasteiger partial charge in [0.2, 0.25) is 5.91 Å². The van der Waals surface area contributed by atoms with Crippen molar-refractivity contribution in [3.8, 4) is 0 Å². The molecule has 1 fully saturated rings. The lowest BCUT2D eigenvalue weighted by atomic mass is 9.62. The summed E-state index contributed by atoms with van der Waals surface area (Å²) in [5, 5.41) is 12.5. The lowest BCUT2D eigenvalue weighted by Gasteiger charge is -2.42. The zero-order valence-corrected chi connectivity index (χ0v) is 12.5. The van der Waals surface area contributed by atoms with E-state index in [1.54, 1.807) is 12.4 Å². The molecule has 5 heteroatoms. The van der Waals surface area contributed by atoms with Gasteiger partial charge < -0.3 is 10.4 Å². The number of allylic oxidation sites excluding steroid dienone is 2. The first-order valence-corrected chi connectivity index (χ1v) is 7.69. The number of carbonyl (C=O) groups is 2. The van der Waals surface area contributed by atoms with Gasteiger partial charge in [-0.3, -0.25) is 14.6 Å². The molecule has 3 aliphatic rings. The molecule has 1 aromatic rings. The number of hydrogen-bond donors (Lipinski definition) is 2. The Labute approximate surface area is 129 Å². The molecule has 5 nitrogen and oxygen atoms in total. The summed E-state index contributed by atoms with van der Waals surface area (Å²) in [7, 11) is 0. The number of nitrogens with one attached hydrogen (secondary N) is 1. The highest BCUT2D eigenvalue weighted by molar-refractivity contribution is 5.86. The summed E-state index contributed by atoms with van der Waals surface area (Å²) in [6.07, 6.45) is 9.12. The predicted molar refractivity (Wildman–Crippen MR) is 80.8 cm³/mol. The average Bonchev–Trinajstić information content (AvgIpc) is 2.55. The fourth-order valence-corrected chi connectivity index (χ4v) is 3.73. The van der Waals surface area contributed by atoms with Gasteiger partial charge in [-0.25, -0.2) is 0 Å². The molecule has 1 aromatic heterocycles. The van der Waals surface area contributed by atoms with E-state index >= 15 is 0 Å². The highest BCUT2D eigenvalue weighted by Crippen LogP contribution is 2.45. The Bertz CT molecular complexity index is 599. The van der Waals surface area contributed by atoms with Crippen LogP contribution < -0.4 is 5.32 Å². The van der Waals surface area contributed by atoms with Crippen LogP contribution in [0.5, 0.6) is 0 Å². The van der Waals surface area contributed by atoms with Crippen molar-refractivity contribution in [1.29, 1.82) is 0 Å². The van der Waals surface area contributed by atoms with Gasteiger partial charge in [-0.05, 0) is 49.3 Å². The van der Waals surface area contributed by atoms with Gasteiger partial charge in [-0.15, -0.1) is 0 Å². The summed E-state index contributed by atoms with van der Waals surface area (Å²) < 4.78 is 0. The Hall–Kier alpha value is -2.17. The van der Waals surface area contributed by atoms with Crippen LogP contribution in [0.15, 0.2) is 36.7 Å². The van der Waals surface area contributed by atoms with E-state index in [0.717, 1.165) is 18.4 Å². The van der Waals surface area contributed by atoms with Crippen molar-refractivity contribution in [1.82, 2.24) is 10.3 Å². The minimum atomic E-state index is -0.865. The van der Waals surface area contributed by atoms with E-state index in [2.05, 4.69) is 10.3 Å². The summed E-state index contributed by atoms with van der Waals surface area (Å²) in [6.45, 7) is 1.90. The second kappa shape index (κ2) is 5.91. The van der Waals surface area contributed by atoms with Crippen molar-refractivity contribution in [2.75, 3.05) is 0 Å². The van der Waals surface area contributed by atoms with Crippen LogP contribution in [0.1, 0.15) is 31.4 Å². The maximum Gasteiger partial charge on any atom is 0.307 e. The quantitative estimate of drug-likeness (QED) is 0.835. The third-order valence-corrected chi connectivity index (χ3v) is 4.90. The zero-order valence-electron chi connectivity index (χ0n) is 12.5. The maximum absolute atomic E-state index is 12.7. The van der Waals surface area contributed by atoms with Gasteiger partial charge in [0.15, 0.2) is 0 Å². The number of hydrogen-bond acceptors (Lipinski definition) is 3. The SMILES string of the molecule is C[C@@H](NC(=O)[C@H]1[C@@H](C(=O)O)[C@H]2C=C[C@@H]1CC2)c1ccncc1. The van der Waals surface area contributed by atoms with Crippen LogP contribution in [0.2, 0.25) is 0 Å². The molecule has 0 saturated heterocycles. The van der Waals surface area contributed by atoms with Crippen molar-refractivity contribution in [2.24, 2.45) is 23.7 Å². The first-order chi connectivity index (χ1) is 10.6. The number of carbonyl (C=O) groups excluding carboxylic acids is 1. The van der Waals surface area contributed by atoms with Crippen LogP contribution in [0.4, 0.5) is 0 Å². The number of aromatic nitrogens is 1. The van der Waals surface area contributed by atoms with Gasteiger partial charge in [-0.1, -0.05) is 12.2 Å². The van der Waals surface area contributed by atoms with Crippen molar-refractivity contribution < 1.29 is 14.7 Å². The molecule has 1 saturated carbocycles. The van der Waals surface area contributed by atoms with E-state index in [9.17, 15) is 14.7 Å². The summed E-state index contributed by atoms with van der Waals surface area (Å²) in [4.78, 5) is 28.2. The highest BCUT2D eigenvalue weighted by atomic mass is 16.4. The molecule has 2 N–H and O–H groups in total. The van der Waals surface area contributed by atoms with Crippen molar-refractivity contribution in [2.45, 2.75) is 25.8 Å². The first-order valence-electron chi connectivity index (χ1n) is 7.69. The van der Waals surface area contributed by atoms with Crippen molar-refractivity contribution >= 4 is 11.9 Å². The molecule has 116 valence electrons. The van der Waals surface area contributed by atoms with Crippen LogP contribution in [-0.4, -0.2) is 22.0 Å². The van der Waals surface area contributed by atoms with Crippen LogP contribution in [-0.2, 0) is 9.59 Å². The molecule has 5 atom stereocenters. The van der Waals surface area contributed by atoms with Gasteiger partial charge in [0, 0.05) is 12.4 Å². The van der Waals surface area contributed by atoms with Crippen molar-refractivity contribution in [3.63, 3.8) is 0 Å². The molecule has 1 heterocycles. The molecule has 2 bridgehead atoms. The predicted octanol–water partition coefficient (Wildman–Crippen LogP) is 2.17. The highest BCUT2D eigenvalue weighted by Gasteiger charge is 2.48. The van der Waals surface area contributed by atoms with E-state index in [1.807, 2.05) is 31.2 Å². The Balaban J connectivity index is 1.76. The second-order valence-electron chi connectivity index (χ2n) is 6.19. The molecular weight excluding hydrogens is 280 g/mol. The van der Waals surface area contributed by atoms with Crippen LogP contribution in [0.3, 0.4) is 0 Å². The Kier molecular flexibility index (Phi) is 3.96. The molecule has 3 aliphatic carbocycles. The topological polar surface area (TPSA) is 79.3 Å². The van der Waals surface area contributed by atoms with Crippen molar-refractivity contribution in [3.05, 3.63) is 42.2 Å². The smallest absolute Gasteiger partial charge is 0.307 e. The van der Waals surface area contributed by atoms with Crippen LogP contribution in [0.25, 0.3) is 0 Å². The number of fused-ring (bicyclic) bond motifs is 2. The molecule has 0 spiro atoms. The largest absolute Gasteiger partial charge is 0.481 e. The minimum absolute atomic E-state index is 0.0190. The third kappa shape index (κ3) is 2.63. The average molecular weight is 300 g/mol. The molecule has 0 unspecified atom stereocenters. The number of carboxylic acids is 1. The monoisotopic (exact) mass is 300 g/mol. The van der Waals surface area contributed by atoms with Gasteiger partial charge in [0.05, 0.1) is 17.9 Å². The molecule has 0 radical (unpaired) electrons. The summed E-state index contributed by atoms with van der Waals surface area (Å²) in [5.41, 5.74) is 0.965. The molecule has 22 heavy (non-hydrogen) atoms. The lowest BCUT2D eigenvalue weighted by molar-refractivity contribution is -0.153. The lowest BCUT2D eigenvalue weighted by Crippen LogP contribution is -2.49. The molecular formula is C17H20N2O3. The van der Waals surface area contributed by atoms with E-state index in [-0.39, 0.29) is 23.8 Å².